The fraction of sp³-hybridized carbons (Fsp3) is 0.647. The number of hydrogen-bond acceptors (Lipinski definition) is 3. The highest BCUT2D eigenvalue weighted by Gasteiger charge is 2.20. The standard InChI is InChI=1S/C17H27NO2/c1-12(2)14-6-8-15(9-7-14)17(19)13(3)18-11-16-5-4-10-20-16/h6-9,12-13,16-19H,4-5,10-11H2,1-3H3. The normalized spacial score (nSPS) is 22.1. The van der Waals surface area contributed by atoms with Gasteiger partial charge in [0.1, 0.15) is 0 Å². The molecule has 0 spiro atoms. The van der Waals surface area contributed by atoms with Gasteiger partial charge in [-0.1, -0.05) is 38.1 Å². The van der Waals surface area contributed by atoms with Gasteiger partial charge in [-0.05, 0) is 36.8 Å². The van der Waals surface area contributed by atoms with Crippen LogP contribution in [0.25, 0.3) is 0 Å². The summed E-state index contributed by atoms with van der Waals surface area (Å²) in [4.78, 5) is 0. The average molecular weight is 277 g/mol. The Morgan fingerprint density at radius 1 is 1.20 bits per heavy atom. The van der Waals surface area contributed by atoms with Gasteiger partial charge >= 0.3 is 0 Å². The van der Waals surface area contributed by atoms with Crippen LogP contribution < -0.4 is 5.32 Å². The Kier molecular flexibility index (Phi) is 5.58. The maximum Gasteiger partial charge on any atom is 0.0940 e. The SMILES string of the molecule is CC(C)c1ccc(C(O)C(C)NCC2CCCO2)cc1. The monoisotopic (exact) mass is 277 g/mol. The van der Waals surface area contributed by atoms with Crippen molar-refractivity contribution in [2.24, 2.45) is 0 Å². The van der Waals surface area contributed by atoms with Crippen molar-refractivity contribution in [3.8, 4) is 0 Å². The number of rotatable bonds is 6. The first kappa shape index (κ1) is 15.5. The minimum absolute atomic E-state index is 0.0316. The molecular weight excluding hydrogens is 250 g/mol. The average Bonchev–Trinajstić information content (AvgIpc) is 2.97. The highest BCUT2D eigenvalue weighted by atomic mass is 16.5. The van der Waals surface area contributed by atoms with Gasteiger partial charge in [-0.3, -0.25) is 0 Å². The molecule has 0 aromatic heterocycles. The van der Waals surface area contributed by atoms with E-state index in [2.05, 4.69) is 31.3 Å². The summed E-state index contributed by atoms with van der Waals surface area (Å²) in [6.45, 7) is 8.08. The van der Waals surface area contributed by atoms with Crippen LogP contribution in [0.15, 0.2) is 24.3 Å². The molecule has 0 bridgehead atoms. The van der Waals surface area contributed by atoms with Crippen LogP contribution >= 0.6 is 0 Å². The highest BCUT2D eigenvalue weighted by Crippen LogP contribution is 2.21. The zero-order valence-electron chi connectivity index (χ0n) is 12.8. The van der Waals surface area contributed by atoms with Crippen LogP contribution in [0.3, 0.4) is 0 Å². The molecule has 112 valence electrons. The van der Waals surface area contributed by atoms with Crippen molar-refractivity contribution in [3.05, 3.63) is 35.4 Å². The van der Waals surface area contributed by atoms with E-state index in [9.17, 15) is 5.11 Å². The maximum absolute atomic E-state index is 10.4. The minimum Gasteiger partial charge on any atom is -0.387 e. The van der Waals surface area contributed by atoms with Gasteiger partial charge in [-0.25, -0.2) is 0 Å². The van der Waals surface area contributed by atoms with Gasteiger partial charge in [0.05, 0.1) is 12.2 Å². The number of aliphatic hydroxyl groups excluding tert-OH is 1. The molecule has 1 fully saturated rings. The van der Waals surface area contributed by atoms with Crippen LogP contribution in [0.5, 0.6) is 0 Å². The minimum atomic E-state index is -0.474. The van der Waals surface area contributed by atoms with E-state index < -0.39 is 6.10 Å². The molecule has 3 unspecified atom stereocenters. The molecule has 3 heteroatoms. The Hall–Kier alpha value is -0.900. The van der Waals surface area contributed by atoms with Crippen molar-refractivity contribution >= 4 is 0 Å². The first-order valence-corrected chi connectivity index (χ1v) is 7.71. The summed E-state index contributed by atoms with van der Waals surface area (Å²) in [6, 6.07) is 8.31. The van der Waals surface area contributed by atoms with Crippen molar-refractivity contribution in [2.45, 2.75) is 57.8 Å². The molecule has 2 rings (SSSR count). The van der Waals surface area contributed by atoms with Crippen molar-refractivity contribution in [2.75, 3.05) is 13.2 Å². The van der Waals surface area contributed by atoms with E-state index in [1.54, 1.807) is 0 Å². The molecular formula is C17H27NO2. The van der Waals surface area contributed by atoms with Gasteiger partial charge in [-0.2, -0.15) is 0 Å². The molecule has 1 heterocycles. The molecule has 3 atom stereocenters. The Morgan fingerprint density at radius 3 is 2.40 bits per heavy atom. The molecule has 0 radical (unpaired) electrons. The van der Waals surface area contributed by atoms with Crippen molar-refractivity contribution < 1.29 is 9.84 Å². The van der Waals surface area contributed by atoms with E-state index in [1.165, 1.54) is 5.56 Å². The molecule has 1 saturated heterocycles. The summed E-state index contributed by atoms with van der Waals surface area (Å²) >= 11 is 0. The fourth-order valence-corrected chi connectivity index (χ4v) is 2.60. The smallest absolute Gasteiger partial charge is 0.0940 e. The van der Waals surface area contributed by atoms with Crippen LogP contribution in [0.1, 0.15) is 56.8 Å². The zero-order valence-corrected chi connectivity index (χ0v) is 12.8. The van der Waals surface area contributed by atoms with Crippen LogP contribution in [-0.2, 0) is 4.74 Å². The van der Waals surface area contributed by atoms with Gasteiger partial charge in [-0.15, -0.1) is 0 Å². The topological polar surface area (TPSA) is 41.5 Å². The third-order valence-corrected chi connectivity index (χ3v) is 4.11. The van der Waals surface area contributed by atoms with Gasteiger partial charge < -0.3 is 15.2 Å². The molecule has 1 aliphatic rings. The van der Waals surface area contributed by atoms with Crippen LogP contribution in [0.4, 0.5) is 0 Å². The molecule has 0 aliphatic carbocycles. The Morgan fingerprint density at radius 2 is 1.85 bits per heavy atom. The van der Waals surface area contributed by atoms with Crippen molar-refractivity contribution in [1.29, 1.82) is 0 Å². The highest BCUT2D eigenvalue weighted by molar-refractivity contribution is 5.26. The van der Waals surface area contributed by atoms with Gasteiger partial charge in [0.2, 0.25) is 0 Å². The van der Waals surface area contributed by atoms with Crippen molar-refractivity contribution in [1.82, 2.24) is 5.32 Å². The van der Waals surface area contributed by atoms with Crippen LogP contribution in [0.2, 0.25) is 0 Å². The lowest BCUT2D eigenvalue weighted by Crippen LogP contribution is -2.37. The third kappa shape index (κ3) is 4.05. The molecule has 20 heavy (non-hydrogen) atoms. The van der Waals surface area contributed by atoms with E-state index in [0.29, 0.717) is 12.0 Å². The summed E-state index contributed by atoms with van der Waals surface area (Å²) in [5.74, 6) is 0.524. The van der Waals surface area contributed by atoms with E-state index in [0.717, 1.165) is 31.6 Å². The second-order valence-corrected chi connectivity index (χ2v) is 6.10. The molecule has 1 aromatic rings. The van der Waals surface area contributed by atoms with Gasteiger partial charge in [0, 0.05) is 19.2 Å². The number of aliphatic hydroxyl groups is 1. The number of benzene rings is 1. The fourth-order valence-electron chi connectivity index (χ4n) is 2.60. The molecule has 3 nitrogen and oxygen atoms in total. The van der Waals surface area contributed by atoms with Gasteiger partial charge in [0.15, 0.2) is 0 Å². The molecule has 0 saturated carbocycles. The number of nitrogens with one attached hydrogen (secondary N) is 1. The van der Waals surface area contributed by atoms with E-state index in [1.807, 2.05) is 19.1 Å². The summed E-state index contributed by atoms with van der Waals surface area (Å²) in [5.41, 5.74) is 2.28. The Labute approximate surface area is 122 Å². The first-order chi connectivity index (χ1) is 9.58. The molecule has 2 N–H and O–H groups in total. The van der Waals surface area contributed by atoms with E-state index >= 15 is 0 Å². The number of hydrogen-bond donors (Lipinski definition) is 2. The summed E-state index contributed by atoms with van der Waals surface area (Å²) in [5, 5.41) is 13.8. The first-order valence-electron chi connectivity index (χ1n) is 7.71. The van der Waals surface area contributed by atoms with Gasteiger partial charge in [0.25, 0.3) is 0 Å². The van der Waals surface area contributed by atoms with E-state index in [-0.39, 0.29) is 6.04 Å². The summed E-state index contributed by atoms with van der Waals surface area (Å²) in [6.07, 6.45) is 2.12. The molecule has 0 amide bonds. The quantitative estimate of drug-likeness (QED) is 0.840. The Balaban J connectivity index is 1.86. The Bertz CT molecular complexity index is 396. The van der Waals surface area contributed by atoms with Crippen molar-refractivity contribution in [3.63, 3.8) is 0 Å². The largest absolute Gasteiger partial charge is 0.387 e. The second-order valence-electron chi connectivity index (χ2n) is 6.10. The lowest BCUT2D eigenvalue weighted by Gasteiger charge is -2.22. The maximum atomic E-state index is 10.4. The lowest BCUT2D eigenvalue weighted by atomic mass is 9.98. The van der Waals surface area contributed by atoms with Crippen LogP contribution in [-0.4, -0.2) is 30.4 Å². The predicted molar refractivity (Wildman–Crippen MR) is 81.9 cm³/mol. The summed E-state index contributed by atoms with van der Waals surface area (Å²) in [7, 11) is 0. The molecule has 1 aromatic carbocycles. The zero-order chi connectivity index (χ0) is 14.5. The van der Waals surface area contributed by atoms with Crippen LogP contribution in [0, 0.1) is 0 Å². The predicted octanol–water partition coefficient (Wildman–Crippen LogP) is 3.00. The third-order valence-electron chi connectivity index (χ3n) is 4.11. The lowest BCUT2D eigenvalue weighted by molar-refractivity contribution is 0.0910. The molecule has 1 aliphatic heterocycles. The second kappa shape index (κ2) is 7.21. The number of ether oxygens (including phenoxy) is 1. The summed E-state index contributed by atoms with van der Waals surface area (Å²) < 4.78 is 5.59. The van der Waals surface area contributed by atoms with E-state index in [4.69, 9.17) is 4.74 Å².